The maximum atomic E-state index is 6.43. The molecule has 21 heavy (non-hydrogen) atoms. The molecule has 1 heterocycles. The van der Waals surface area contributed by atoms with Crippen LogP contribution in [0.4, 0.5) is 0 Å². The van der Waals surface area contributed by atoms with Crippen LogP contribution in [0.5, 0.6) is 0 Å². The molecule has 2 saturated carbocycles. The highest BCUT2D eigenvalue weighted by atomic mass is 16.5. The minimum atomic E-state index is -0.416. The van der Waals surface area contributed by atoms with Crippen LogP contribution in [-0.4, -0.2) is 16.7 Å². The molecule has 0 radical (unpaired) electrons. The maximum Gasteiger partial charge on any atom is 0.246 e. The van der Waals surface area contributed by atoms with Gasteiger partial charge in [-0.25, -0.2) is 0 Å². The van der Waals surface area contributed by atoms with Crippen LogP contribution >= 0.6 is 0 Å². The molecule has 0 spiro atoms. The molecule has 3 rings (SSSR count). The average Bonchev–Trinajstić information content (AvgIpc) is 3.12. The van der Waals surface area contributed by atoms with Crippen LogP contribution in [0.2, 0.25) is 0 Å². The normalized spacial score (nSPS) is 32.4. The Kier molecular flexibility index (Phi) is 4.06. The van der Waals surface area contributed by atoms with Crippen molar-refractivity contribution in [3.8, 4) is 0 Å². The molecular weight excluding hydrogens is 266 g/mol. The first-order chi connectivity index (χ1) is 10.1. The Morgan fingerprint density at radius 3 is 2.52 bits per heavy atom. The Hall–Kier alpha value is -0.940. The molecule has 2 fully saturated rings. The van der Waals surface area contributed by atoms with Crippen molar-refractivity contribution < 1.29 is 9.26 Å². The number of hydrogen-bond acceptors (Lipinski definition) is 5. The van der Waals surface area contributed by atoms with Crippen molar-refractivity contribution in [3.05, 3.63) is 11.7 Å². The summed E-state index contributed by atoms with van der Waals surface area (Å²) in [4.78, 5) is 4.68. The van der Waals surface area contributed by atoms with Gasteiger partial charge < -0.3 is 15.0 Å². The van der Waals surface area contributed by atoms with Gasteiger partial charge in [-0.3, -0.25) is 0 Å². The Labute approximate surface area is 126 Å². The monoisotopic (exact) mass is 293 g/mol. The molecule has 0 saturated heterocycles. The van der Waals surface area contributed by atoms with E-state index in [1.165, 1.54) is 0 Å². The van der Waals surface area contributed by atoms with E-state index in [0.717, 1.165) is 57.3 Å². The number of nitrogens with two attached hydrogens (primary N) is 1. The van der Waals surface area contributed by atoms with Gasteiger partial charge in [-0.15, -0.1) is 0 Å². The summed E-state index contributed by atoms with van der Waals surface area (Å²) in [6.45, 7) is 5.00. The summed E-state index contributed by atoms with van der Waals surface area (Å²) in [5.41, 5.74) is 5.65. The van der Waals surface area contributed by atoms with E-state index in [2.05, 4.69) is 17.1 Å². The van der Waals surface area contributed by atoms with Crippen LogP contribution in [-0.2, 0) is 15.9 Å². The highest BCUT2D eigenvalue weighted by Crippen LogP contribution is 2.42. The molecule has 0 aromatic carbocycles. The molecule has 2 aliphatic rings. The fourth-order valence-electron chi connectivity index (χ4n) is 3.77. The van der Waals surface area contributed by atoms with Crippen molar-refractivity contribution in [2.75, 3.05) is 6.61 Å². The first kappa shape index (κ1) is 15.0. The van der Waals surface area contributed by atoms with Gasteiger partial charge >= 0.3 is 0 Å². The Bertz CT molecular complexity index is 472. The first-order valence-corrected chi connectivity index (χ1v) is 8.35. The SMILES string of the molecule is CCOC1(c2noc(C3(N)CCCC3)n2)CCC(C)CC1. The molecule has 118 valence electrons. The van der Waals surface area contributed by atoms with E-state index in [-0.39, 0.29) is 5.60 Å². The standard InChI is InChI=1S/C16H27N3O2/c1-3-20-16(10-6-12(2)7-11-16)13-18-14(21-19-13)15(17)8-4-5-9-15/h12H,3-11,17H2,1-2H3. The zero-order valence-corrected chi connectivity index (χ0v) is 13.2. The summed E-state index contributed by atoms with van der Waals surface area (Å²) in [5, 5.41) is 4.25. The quantitative estimate of drug-likeness (QED) is 0.922. The lowest BCUT2D eigenvalue weighted by Crippen LogP contribution is -2.36. The average molecular weight is 293 g/mol. The third-order valence-electron chi connectivity index (χ3n) is 5.26. The summed E-state index contributed by atoms with van der Waals surface area (Å²) in [6, 6.07) is 0. The van der Waals surface area contributed by atoms with Gasteiger partial charge in [0.2, 0.25) is 11.7 Å². The van der Waals surface area contributed by atoms with E-state index in [1.807, 2.05) is 6.92 Å². The van der Waals surface area contributed by atoms with Crippen molar-refractivity contribution in [2.45, 2.75) is 76.4 Å². The number of aromatic nitrogens is 2. The second-order valence-electron chi connectivity index (χ2n) is 6.90. The van der Waals surface area contributed by atoms with Gasteiger partial charge in [0, 0.05) is 6.61 Å². The van der Waals surface area contributed by atoms with Crippen LogP contribution in [0.3, 0.4) is 0 Å². The summed E-state index contributed by atoms with van der Waals surface area (Å²) in [6.07, 6.45) is 8.40. The molecule has 2 N–H and O–H groups in total. The van der Waals surface area contributed by atoms with Crippen molar-refractivity contribution >= 4 is 0 Å². The Morgan fingerprint density at radius 1 is 1.24 bits per heavy atom. The van der Waals surface area contributed by atoms with Gasteiger partial charge in [-0.2, -0.15) is 4.98 Å². The predicted molar refractivity (Wildman–Crippen MR) is 79.6 cm³/mol. The largest absolute Gasteiger partial charge is 0.367 e. The van der Waals surface area contributed by atoms with Crippen LogP contribution in [0, 0.1) is 5.92 Å². The van der Waals surface area contributed by atoms with E-state index in [4.69, 9.17) is 15.0 Å². The zero-order chi connectivity index (χ0) is 14.9. The Morgan fingerprint density at radius 2 is 1.90 bits per heavy atom. The lowest BCUT2D eigenvalue weighted by Gasteiger charge is -2.36. The van der Waals surface area contributed by atoms with Gasteiger partial charge in [-0.05, 0) is 51.4 Å². The molecular formula is C16H27N3O2. The Balaban J connectivity index is 1.85. The predicted octanol–water partition coefficient (Wildman–Crippen LogP) is 3.24. The van der Waals surface area contributed by atoms with E-state index in [1.54, 1.807) is 0 Å². The minimum absolute atomic E-state index is 0.363. The molecule has 0 amide bonds. The number of ether oxygens (including phenoxy) is 1. The first-order valence-electron chi connectivity index (χ1n) is 8.35. The molecule has 0 bridgehead atoms. The van der Waals surface area contributed by atoms with Gasteiger partial charge in [0.15, 0.2) is 0 Å². The van der Waals surface area contributed by atoms with E-state index in [0.29, 0.717) is 18.3 Å². The number of hydrogen-bond donors (Lipinski definition) is 1. The molecule has 2 aliphatic carbocycles. The second kappa shape index (κ2) is 5.69. The molecule has 1 aromatic heterocycles. The molecule has 5 nitrogen and oxygen atoms in total. The maximum absolute atomic E-state index is 6.43. The van der Waals surface area contributed by atoms with E-state index in [9.17, 15) is 0 Å². The second-order valence-corrected chi connectivity index (χ2v) is 6.90. The fourth-order valence-corrected chi connectivity index (χ4v) is 3.77. The highest BCUT2D eigenvalue weighted by Gasteiger charge is 2.43. The van der Waals surface area contributed by atoms with Gasteiger partial charge in [0.1, 0.15) is 5.60 Å². The molecule has 5 heteroatoms. The molecule has 0 unspecified atom stereocenters. The van der Waals surface area contributed by atoms with E-state index < -0.39 is 5.54 Å². The van der Waals surface area contributed by atoms with E-state index >= 15 is 0 Å². The van der Waals surface area contributed by atoms with Gasteiger partial charge in [0.05, 0.1) is 5.54 Å². The van der Waals surface area contributed by atoms with Crippen LogP contribution < -0.4 is 5.73 Å². The van der Waals surface area contributed by atoms with Crippen molar-refractivity contribution in [1.82, 2.24) is 10.1 Å². The fraction of sp³-hybridized carbons (Fsp3) is 0.875. The zero-order valence-electron chi connectivity index (χ0n) is 13.2. The van der Waals surface area contributed by atoms with Crippen molar-refractivity contribution in [1.29, 1.82) is 0 Å². The minimum Gasteiger partial charge on any atom is -0.367 e. The van der Waals surface area contributed by atoms with Crippen molar-refractivity contribution in [3.63, 3.8) is 0 Å². The lowest BCUT2D eigenvalue weighted by molar-refractivity contribution is -0.0847. The van der Waals surface area contributed by atoms with Crippen LogP contribution in [0.1, 0.15) is 76.9 Å². The summed E-state index contributed by atoms with van der Waals surface area (Å²) in [5.74, 6) is 2.07. The summed E-state index contributed by atoms with van der Waals surface area (Å²) >= 11 is 0. The highest BCUT2D eigenvalue weighted by molar-refractivity contribution is 5.10. The summed E-state index contributed by atoms with van der Waals surface area (Å²) < 4.78 is 11.6. The van der Waals surface area contributed by atoms with Gasteiger partial charge in [-0.1, -0.05) is 24.9 Å². The number of rotatable bonds is 4. The third kappa shape index (κ3) is 2.73. The molecule has 0 atom stereocenters. The molecule has 1 aromatic rings. The van der Waals surface area contributed by atoms with Gasteiger partial charge in [0.25, 0.3) is 0 Å². The third-order valence-corrected chi connectivity index (χ3v) is 5.26. The lowest BCUT2D eigenvalue weighted by atomic mass is 9.79. The van der Waals surface area contributed by atoms with Crippen molar-refractivity contribution in [2.24, 2.45) is 11.7 Å². The molecule has 0 aliphatic heterocycles. The summed E-state index contributed by atoms with van der Waals surface area (Å²) in [7, 11) is 0. The van der Waals surface area contributed by atoms with Crippen LogP contribution in [0.25, 0.3) is 0 Å². The topological polar surface area (TPSA) is 74.2 Å². The van der Waals surface area contributed by atoms with Crippen LogP contribution in [0.15, 0.2) is 4.52 Å². The smallest absolute Gasteiger partial charge is 0.246 e. The number of nitrogens with zero attached hydrogens (tertiary/aromatic N) is 2.